The number of aliphatic carboxylic acids is 1. The third kappa shape index (κ3) is 5.62. The molecule has 9 nitrogen and oxygen atoms in total. The number of amides is 1. The summed E-state index contributed by atoms with van der Waals surface area (Å²) >= 11 is 0. The van der Waals surface area contributed by atoms with Gasteiger partial charge in [-0.2, -0.15) is 0 Å². The fourth-order valence-electron chi connectivity index (χ4n) is 3.49. The molecule has 1 aliphatic rings. The number of anilines is 3. The molecule has 0 saturated heterocycles. The van der Waals surface area contributed by atoms with E-state index in [1.165, 1.54) is 36.4 Å². The van der Waals surface area contributed by atoms with E-state index in [2.05, 4.69) is 20.8 Å². The van der Waals surface area contributed by atoms with Gasteiger partial charge >= 0.3 is 23.8 Å². The molecule has 1 fully saturated rings. The molecule has 4 rings (SSSR count). The number of carboxylic acid groups (broad SMARTS) is 1. The van der Waals surface area contributed by atoms with E-state index in [9.17, 15) is 18.4 Å². The SMILES string of the molecule is O=C(Nc1ccc(O[C@H]2CC[C@@H](C(=O)O)CC2)cc1F)c1nnc(Nc2ccc(F)cc2)o1. The summed E-state index contributed by atoms with van der Waals surface area (Å²) in [7, 11) is 0. The Bertz CT molecular complexity index is 1140. The third-order valence-corrected chi connectivity index (χ3v) is 5.23. The molecule has 0 radical (unpaired) electrons. The van der Waals surface area contributed by atoms with Crippen LogP contribution in [-0.2, 0) is 4.79 Å². The quantitative estimate of drug-likeness (QED) is 0.477. The Labute approximate surface area is 186 Å². The fourth-order valence-corrected chi connectivity index (χ4v) is 3.49. The first kappa shape index (κ1) is 22.2. The van der Waals surface area contributed by atoms with Crippen LogP contribution in [0.4, 0.5) is 26.2 Å². The van der Waals surface area contributed by atoms with Crippen molar-refractivity contribution in [2.45, 2.75) is 31.8 Å². The second kappa shape index (κ2) is 9.63. The van der Waals surface area contributed by atoms with E-state index in [-0.39, 0.29) is 29.5 Å². The number of rotatable bonds is 7. The van der Waals surface area contributed by atoms with Gasteiger partial charge in [-0.1, -0.05) is 5.10 Å². The monoisotopic (exact) mass is 458 g/mol. The summed E-state index contributed by atoms with van der Waals surface area (Å²) in [6.07, 6.45) is 1.98. The highest BCUT2D eigenvalue weighted by molar-refractivity contribution is 6.01. The van der Waals surface area contributed by atoms with Crippen molar-refractivity contribution in [3.63, 3.8) is 0 Å². The average molecular weight is 458 g/mol. The van der Waals surface area contributed by atoms with Crippen LogP contribution in [0.1, 0.15) is 36.4 Å². The molecule has 33 heavy (non-hydrogen) atoms. The Balaban J connectivity index is 1.33. The molecule has 172 valence electrons. The summed E-state index contributed by atoms with van der Waals surface area (Å²) in [4.78, 5) is 23.4. The third-order valence-electron chi connectivity index (χ3n) is 5.23. The molecule has 1 aromatic heterocycles. The van der Waals surface area contributed by atoms with Gasteiger partial charge in [0.2, 0.25) is 0 Å². The van der Waals surface area contributed by atoms with E-state index in [1.54, 1.807) is 0 Å². The second-order valence-electron chi connectivity index (χ2n) is 7.57. The number of hydrogen-bond acceptors (Lipinski definition) is 7. The standard InChI is InChI=1S/C22H20F2N4O5/c23-13-3-5-14(6-4-13)25-22-28-27-20(33-22)19(29)26-18-10-9-16(11-17(18)24)32-15-7-1-12(2-8-15)21(30)31/h3-6,9-12,15H,1-2,7-8H2,(H,25,28)(H,26,29)(H,30,31)/t12-,15+. The largest absolute Gasteiger partial charge is 0.490 e. The lowest BCUT2D eigenvalue weighted by Crippen LogP contribution is -2.27. The molecule has 1 heterocycles. The molecule has 11 heteroatoms. The lowest BCUT2D eigenvalue weighted by atomic mass is 9.87. The van der Waals surface area contributed by atoms with Gasteiger partial charge in [0, 0.05) is 11.8 Å². The Morgan fingerprint density at radius 2 is 1.76 bits per heavy atom. The minimum absolute atomic E-state index is 0.0893. The maximum Gasteiger partial charge on any atom is 0.320 e. The van der Waals surface area contributed by atoms with E-state index in [0.717, 1.165) is 6.07 Å². The minimum Gasteiger partial charge on any atom is -0.490 e. The maximum absolute atomic E-state index is 14.5. The number of carbonyl (C=O) groups is 2. The summed E-state index contributed by atoms with van der Waals surface area (Å²) in [5.74, 6) is -3.22. The number of aromatic nitrogens is 2. The van der Waals surface area contributed by atoms with Gasteiger partial charge in [-0.25, -0.2) is 8.78 Å². The number of benzene rings is 2. The first-order valence-corrected chi connectivity index (χ1v) is 10.2. The highest BCUT2D eigenvalue weighted by Crippen LogP contribution is 2.29. The van der Waals surface area contributed by atoms with Crippen LogP contribution < -0.4 is 15.4 Å². The van der Waals surface area contributed by atoms with Crippen molar-refractivity contribution in [3.05, 3.63) is 60.0 Å². The van der Waals surface area contributed by atoms with Crippen LogP contribution in [0.5, 0.6) is 5.75 Å². The summed E-state index contributed by atoms with van der Waals surface area (Å²) in [6.45, 7) is 0. The number of nitrogens with one attached hydrogen (secondary N) is 2. The molecule has 2 aromatic carbocycles. The van der Waals surface area contributed by atoms with Crippen molar-refractivity contribution in [1.82, 2.24) is 10.2 Å². The molecule has 3 aromatic rings. The van der Waals surface area contributed by atoms with Gasteiger partial charge in [0.25, 0.3) is 0 Å². The van der Waals surface area contributed by atoms with E-state index in [4.69, 9.17) is 14.3 Å². The van der Waals surface area contributed by atoms with Crippen molar-refractivity contribution in [1.29, 1.82) is 0 Å². The Morgan fingerprint density at radius 1 is 1.03 bits per heavy atom. The van der Waals surface area contributed by atoms with E-state index < -0.39 is 29.4 Å². The van der Waals surface area contributed by atoms with Gasteiger partial charge in [0.15, 0.2) is 0 Å². The Morgan fingerprint density at radius 3 is 2.42 bits per heavy atom. The molecule has 1 amide bonds. The number of ether oxygens (including phenoxy) is 1. The highest BCUT2D eigenvalue weighted by Gasteiger charge is 2.27. The van der Waals surface area contributed by atoms with Crippen molar-refractivity contribution in [3.8, 4) is 5.75 Å². The average Bonchev–Trinajstić information content (AvgIpc) is 3.26. The maximum atomic E-state index is 14.5. The van der Waals surface area contributed by atoms with Crippen LogP contribution in [0.3, 0.4) is 0 Å². The second-order valence-corrected chi connectivity index (χ2v) is 7.57. The van der Waals surface area contributed by atoms with Crippen LogP contribution in [0.25, 0.3) is 0 Å². The lowest BCUT2D eigenvalue weighted by Gasteiger charge is -2.26. The number of carboxylic acids is 1. The van der Waals surface area contributed by atoms with Gasteiger partial charge < -0.3 is 24.9 Å². The molecule has 0 bridgehead atoms. The molecule has 1 aliphatic carbocycles. The van der Waals surface area contributed by atoms with E-state index >= 15 is 0 Å². The van der Waals surface area contributed by atoms with Crippen molar-refractivity contribution >= 4 is 29.3 Å². The molecular weight excluding hydrogens is 438 g/mol. The summed E-state index contributed by atoms with van der Waals surface area (Å²) in [6, 6.07) is 9.30. The smallest absolute Gasteiger partial charge is 0.320 e. The zero-order valence-corrected chi connectivity index (χ0v) is 17.3. The minimum atomic E-state index is -0.811. The molecule has 0 unspecified atom stereocenters. The van der Waals surface area contributed by atoms with Crippen molar-refractivity contribution < 1.29 is 32.6 Å². The zero-order chi connectivity index (χ0) is 23.4. The summed E-state index contributed by atoms with van der Waals surface area (Å²) in [5.41, 5.74) is 0.373. The molecular formula is C22H20F2N4O5. The molecule has 0 aliphatic heterocycles. The van der Waals surface area contributed by atoms with Crippen LogP contribution in [0.15, 0.2) is 46.9 Å². The fraction of sp³-hybridized carbons (Fsp3) is 0.273. The predicted molar refractivity (Wildman–Crippen MR) is 112 cm³/mol. The van der Waals surface area contributed by atoms with E-state index in [0.29, 0.717) is 31.4 Å². The first-order valence-electron chi connectivity index (χ1n) is 10.2. The predicted octanol–water partition coefficient (Wildman–Crippen LogP) is 4.37. The summed E-state index contributed by atoms with van der Waals surface area (Å²) < 4.78 is 38.4. The van der Waals surface area contributed by atoms with Crippen LogP contribution >= 0.6 is 0 Å². The number of nitrogens with zero attached hydrogens (tertiary/aromatic N) is 2. The van der Waals surface area contributed by atoms with E-state index in [1.807, 2.05) is 0 Å². The van der Waals surface area contributed by atoms with Crippen LogP contribution in [0, 0.1) is 17.6 Å². The molecule has 0 atom stereocenters. The van der Waals surface area contributed by atoms with Gasteiger partial charge in [-0.3, -0.25) is 9.59 Å². The van der Waals surface area contributed by atoms with Gasteiger partial charge in [-0.05, 0) is 62.1 Å². The number of carbonyl (C=O) groups excluding carboxylic acids is 1. The first-order chi connectivity index (χ1) is 15.9. The van der Waals surface area contributed by atoms with Crippen molar-refractivity contribution in [2.75, 3.05) is 10.6 Å². The zero-order valence-electron chi connectivity index (χ0n) is 17.3. The van der Waals surface area contributed by atoms with Gasteiger partial charge in [0.05, 0.1) is 17.7 Å². The normalized spacial score (nSPS) is 17.9. The van der Waals surface area contributed by atoms with Gasteiger partial charge in [0.1, 0.15) is 17.4 Å². The van der Waals surface area contributed by atoms with Gasteiger partial charge in [-0.15, -0.1) is 5.10 Å². The molecule has 0 spiro atoms. The van der Waals surface area contributed by atoms with Crippen molar-refractivity contribution in [2.24, 2.45) is 5.92 Å². The molecule has 1 saturated carbocycles. The topological polar surface area (TPSA) is 127 Å². The highest BCUT2D eigenvalue weighted by atomic mass is 19.1. The summed E-state index contributed by atoms with van der Waals surface area (Å²) in [5, 5.41) is 21.4. The Kier molecular flexibility index (Phi) is 6.48. The van der Waals surface area contributed by atoms with Crippen LogP contribution in [0.2, 0.25) is 0 Å². The number of hydrogen-bond donors (Lipinski definition) is 3. The Hall–Kier alpha value is -4.02. The van der Waals surface area contributed by atoms with Crippen LogP contribution in [-0.4, -0.2) is 33.3 Å². The lowest BCUT2D eigenvalue weighted by molar-refractivity contribution is -0.143. The molecule has 3 N–H and O–H groups in total. The number of halogens is 2.